The zero-order chi connectivity index (χ0) is 14.1. The Bertz CT molecular complexity index is 601. The summed E-state index contributed by atoms with van der Waals surface area (Å²) in [6.07, 6.45) is 7.68. The van der Waals surface area contributed by atoms with Gasteiger partial charge in [0.25, 0.3) is 0 Å². The fraction of sp³-hybridized carbons (Fsp3) is 0.556. The Kier molecular flexibility index (Phi) is 6.78. The van der Waals surface area contributed by atoms with Crippen LogP contribution in [0.5, 0.6) is 0 Å². The number of rotatable bonds is 3. The molecular weight excluding hydrogens is 329 g/mol. The second-order valence-corrected chi connectivity index (χ2v) is 6.60. The van der Waals surface area contributed by atoms with Crippen LogP contribution in [0, 0.1) is 5.92 Å². The Labute approximate surface area is 151 Å². The molecule has 2 fully saturated rings. The Balaban J connectivity index is 0.000000960. The summed E-state index contributed by atoms with van der Waals surface area (Å²) in [5, 5.41) is 4.81. The maximum Gasteiger partial charge on any atom is 0.0457 e. The van der Waals surface area contributed by atoms with Gasteiger partial charge in [0.05, 0.1) is 0 Å². The number of benzene rings is 1. The summed E-state index contributed by atoms with van der Waals surface area (Å²) in [5.74, 6) is 0.843. The molecule has 0 amide bonds. The Morgan fingerprint density at radius 2 is 1.74 bits per heavy atom. The zero-order valence-electron chi connectivity index (χ0n) is 13.5. The van der Waals surface area contributed by atoms with E-state index in [1.807, 2.05) is 6.20 Å². The van der Waals surface area contributed by atoms with Gasteiger partial charge in [-0.05, 0) is 41.8 Å². The number of hydrogen-bond acceptors (Lipinski definition) is 2. The lowest BCUT2D eigenvalue weighted by Gasteiger charge is -2.38. The average Bonchev–Trinajstić information content (AvgIpc) is 3.19. The monoisotopic (exact) mass is 355 g/mol. The summed E-state index contributed by atoms with van der Waals surface area (Å²) in [6, 6.07) is 9.81. The molecule has 1 saturated carbocycles. The van der Waals surface area contributed by atoms with Gasteiger partial charge in [0.15, 0.2) is 0 Å². The van der Waals surface area contributed by atoms with Crippen LogP contribution in [0.4, 0.5) is 0 Å². The maximum atomic E-state index is 3.49. The molecule has 0 unspecified atom stereocenters. The van der Waals surface area contributed by atoms with Crippen molar-refractivity contribution in [2.75, 3.05) is 26.2 Å². The molecule has 1 aromatic heterocycles. The minimum atomic E-state index is 0. The number of aromatic nitrogens is 1. The maximum absolute atomic E-state index is 3.49. The smallest absolute Gasteiger partial charge is 0.0457 e. The summed E-state index contributed by atoms with van der Waals surface area (Å²) in [4.78, 5) is 6.10. The summed E-state index contributed by atoms with van der Waals surface area (Å²) in [6.45, 7) is 4.63. The van der Waals surface area contributed by atoms with Gasteiger partial charge in [-0.15, -0.1) is 24.8 Å². The number of nitrogens with one attached hydrogen (secondary N) is 2. The highest BCUT2D eigenvalue weighted by Crippen LogP contribution is 2.40. The first kappa shape index (κ1) is 18.6. The van der Waals surface area contributed by atoms with E-state index in [1.165, 1.54) is 55.2 Å². The van der Waals surface area contributed by atoms with Gasteiger partial charge < -0.3 is 10.3 Å². The number of H-pyrrole nitrogens is 1. The highest BCUT2D eigenvalue weighted by Gasteiger charge is 2.31. The fourth-order valence-corrected chi connectivity index (χ4v) is 4.26. The molecule has 0 spiro atoms. The van der Waals surface area contributed by atoms with Crippen LogP contribution in [-0.2, 0) is 0 Å². The lowest BCUT2D eigenvalue weighted by atomic mass is 9.89. The van der Waals surface area contributed by atoms with Crippen molar-refractivity contribution in [3.05, 3.63) is 36.0 Å². The molecule has 2 aliphatic rings. The normalized spacial score (nSPS) is 20.9. The Morgan fingerprint density at radius 3 is 2.48 bits per heavy atom. The molecule has 2 aromatic rings. The lowest BCUT2D eigenvalue weighted by Crippen LogP contribution is -2.46. The van der Waals surface area contributed by atoms with Gasteiger partial charge in [0.1, 0.15) is 0 Å². The number of halogens is 2. The van der Waals surface area contributed by atoms with E-state index >= 15 is 0 Å². The van der Waals surface area contributed by atoms with Crippen LogP contribution in [0.2, 0.25) is 0 Å². The van der Waals surface area contributed by atoms with E-state index in [0.29, 0.717) is 6.04 Å². The lowest BCUT2D eigenvalue weighted by molar-refractivity contribution is 0.125. The zero-order valence-corrected chi connectivity index (χ0v) is 15.1. The van der Waals surface area contributed by atoms with Gasteiger partial charge in [-0.1, -0.05) is 25.0 Å². The molecule has 4 rings (SSSR count). The topological polar surface area (TPSA) is 31.1 Å². The third-order valence-electron chi connectivity index (χ3n) is 5.31. The summed E-state index contributed by atoms with van der Waals surface area (Å²) in [5.41, 5.74) is 2.80. The van der Waals surface area contributed by atoms with Crippen LogP contribution < -0.4 is 5.32 Å². The van der Waals surface area contributed by atoms with E-state index in [1.54, 1.807) is 0 Å². The van der Waals surface area contributed by atoms with Crippen LogP contribution in [0.15, 0.2) is 30.5 Å². The van der Waals surface area contributed by atoms with Crippen LogP contribution in [0.1, 0.15) is 37.3 Å². The third kappa shape index (κ3) is 3.85. The molecule has 1 aromatic carbocycles. The predicted octanol–water partition coefficient (Wildman–Crippen LogP) is 4.15. The van der Waals surface area contributed by atoms with E-state index in [4.69, 9.17) is 0 Å². The van der Waals surface area contributed by atoms with Gasteiger partial charge in [-0.2, -0.15) is 0 Å². The molecular formula is C18H27Cl2N3. The van der Waals surface area contributed by atoms with Gasteiger partial charge >= 0.3 is 0 Å². The highest BCUT2D eigenvalue weighted by molar-refractivity contribution is 5.85. The molecule has 1 saturated heterocycles. The summed E-state index contributed by atoms with van der Waals surface area (Å²) >= 11 is 0. The standard InChI is InChI=1S/C18H25N3.2ClH/c1-2-4-15(3-1)18(21-11-9-19-10-12-21)16-6-5-14-7-8-20-17(14)13-16;;/h5-8,13,15,18-20H,1-4,9-12H2;2*1H/t18-;;/m0../s1. The number of piperazine rings is 1. The molecule has 0 radical (unpaired) electrons. The van der Waals surface area contributed by atoms with Gasteiger partial charge in [0, 0.05) is 43.9 Å². The van der Waals surface area contributed by atoms with Crippen LogP contribution >= 0.6 is 24.8 Å². The minimum absolute atomic E-state index is 0. The number of fused-ring (bicyclic) bond motifs is 1. The van der Waals surface area contributed by atoms with Crippen molar-refractivity contribution in [2.45, 2.75) is 31.7 Å². The largest absolute Gasteiger partial charge is 0.361 e. The quantitative estimate of drug-likeness (QED) is 0.866. The summed E-state index contributed by atoms with van der Waals surface area (Å²) in [7, 11) is 0. The van der Waals surface area contributed by atoms with Crippen LogP contribution in [0.3, 0.4) is 0 Å². The molecule has 1 aliphatic heterocycles. The van der Waals surface area contributed by atoms with Crippen molar-refractivity contribution in [1.82, 2.24) is 15.2 Å². The molecule has 5 heteroatoms. The molecule has 128 valence electrons. The van der Waals surface area contributed by atoms with Gasteiger partial charge in [-0.25, -0.2) is 0 Å². The van der Waals surface area contributed by atoms with Crippen molar-refractivity contribution < 1.29 is 0 Å². The van der Waals surface area contributed by atoms with Gasteiger partial charge in [0.2, 0.25) is 0 Å². The molecule has 1 atom stereocenters. The van der Waals surface area contributed by atoms with Crippen molar-refractivity contribution in [3.63, 3.8) is 0 Å². The highest BCUT2D eigenvalue weighted by atomic mass is 35.5. The van der Waals surface area contributed by atoms with Crippen molar-refractivity contribution in [1.29, 1.82) is 0 Å². The van der Waals surface area contributed by atoms with E-state index in [2.05, 4.69) is 39.5 Å². The Hall–Kier alpha value is -0.740. The molecule has 2 heterocycles. The first-order valence-corrected chi connectivity index (χ1v) is 8.43. The SMILES string of the molecule is Cl.Cl.c1cc2ccc([C@H](C3CCCC3)N3CCNCC3)cc2[nH]1. The molecule has 23 heavy (non-hydrogen) atoms. The van der Waals surface area contributed by atoms with E-state index in [-0.39, 0.29) is 24.8 Å². The van der Waals surface area contributed by atoms with E-state index in [9.17, 15) is 0 Å². The first-order valence-electron chi connectivity index (χ1n) is 8.43. The molecule has 2 N–H and O–H groups in total. The molecule has 1 aliphatic carbocycles. The predicted molar refractivity (Wildman–Crippen MR) is 102 cm³/mol. The van der Waals surface area contributed by atoms with Crippen molar-refractivity contribution in [2.24, 2.45) is 5.92 Å². The third-order valence-corrected chi connectivity index (χ3v) is 5.31. The minimum Gasteiger partial charge on any atom is -0.361 e. The van der Waals surface area contributed by atoms with E-state index < -0.39 is 0 Å². The molecule has 0 bridgehead atoms. The molecule has 3 nitrogen and oxygen atoms in total. The first-order chi connectivity index (χ1) is 10.4. The second kappa shape index (κ2) is 8.39. The van der Waals surface area contributed by atoms with Gasteiger partial charge in [-0.3, -0.25) is 4.90 Å². The van der Waals surface area contributed by atoms with Crippen LogP contribution in [-0.4, -0.2) is 36.1 Å². The van der Waals surface area contributed by atoms with Crippen molar-refractivity contribution >= 4 is 35.7 Å². The summed E-state index contributed by atoms with van der Waals surface area (Å²) < 4.78 is 0. The fourth-order valence-electron chi connectivity index (χ4n) is 4.26. The van der Waals surface area contributed by atoms with E-state index in [0.717, 1.165) is 19.0 Å². The van der Waals surface area contributed by atoms with Crippen LogP contribution in [0.25, 0.3) is 10.9 Å². The Morgan fingerprint density at radius 1 is 1.00 bits per heavy atom. The second-order valence-electron chi connectivity index (χ2n) is 6.60. The van der Waals surface area contributed by atoms with Crippen molar-refractivity contribution in [3.8, 4) is 0 Å². The number of nitrogens with zero attached hydrogens (tertiary/aromatic N) is 1. The number of hydrogen-bond donors (Lipinski definition) is 2. The number of aromatic amines is 1. The average molecular weight is 356 g/mol.